The Morgan fingerprint density at radius 3 is 2.77 bits per heavy atom. The zero-order chi connectivity index (χ0) is 9.26. The molecule has 2 rings (SSSR count). The lowest BCUT2D eigenvalue weighted by atomic mass is 9.71. The third-order valence-electron chi connectivity index (χ3n) is 3.00. The third-order valence-corrected chi connectivity index (χ3v) is 3.00. The Labute approximate surface area is 78.1 Å². The number of aromatic nitrogens is 3. The van der Waals surface area contributed by atoms with E-state index in [4.69, 9.17) is 5.73 Å². The second-order valence-electron chi connectivity index (χ2n) is 3.92. The molecule has 13 heavy (non-hydrogen) atoms. The van der Waals surface area contributed by atoms with Crippen molar-refractivity contribution in [3.8, 4) is 0 Å². The predicted molar refractivity (Wildman–Crippen MR) is 50.0 cm³/mol. The average Bonchev–Trinajstić information content (AvgIpc) is 2.46. The van der Waals surface area contributed by atoms with Gasteiger partial charge in [-0.3, -0.25) is 4.68 Å². The fraction of sp³-hybridized carbons (Fsp3) is 0.778. The molecule has 0 aliphatic heterocycles. The molecule has 4 nitrogen and oxygen atoms in total. The zero-order valence-corrected chi connectivity index (χ0v) is 7.98. The standard InChI is InChI=1S/C9H16N4/c1-13-6-9(11-12-13)4-7-2-3-8(7)5-10/h6-8H,2-5,10H2,1H3. The van der Waals surface area contributed by atoms with E-state index in [0.29, 0.717) is 0 Å². The summed E-state index contributed by atoms with van der Waals surface area (Å²) < 4.78 is 1.76. The highest BCUT2D eigenvalue weighted by molar-refractivity contribution is 4.97. The Kier molecular flexibility index (Phi) is 2.31. The monoisotopic (exact) mass is 180 g/mol. The predicted octanol–water partition coefficient (Wildman–Crippen LogP) is 0.342. The van der Waals surface area contributed by atoms with E-state index in [1.165, 1.54) is 12.8 Å². The molecule has 1 saturated carbocycles. The first-order valence-electron chi connectivity index (χ1n) is 4.85. The number of rotatable bonds is 3. The van der Waals surface area contributed by atoms with Crippen LogP contribution in [0.3, 0.4) is 0 Å². The topological polar surface area (TPSA) is 56.7 Å². The first kappa shape index (κ1) is 8.69. The van der Waals surface area contributed by atoms with Gasteiger partial charge in [0, 0.05) is 13.2 Å². The summed E-state index contributed by atoms with van der Waals surface area (Å²) >= 11 is 0. The minimum absolute atomic E-state index is 0.724. The quantitative estimate of drug-likeness (QED) is 0.730. The van der Waals surface area contributed by atoms with Crippen molar-refractivity contribution in [2.75, 3.05) is 6.54 Å². The van der Waals surface area contributed by atoms with Gasteiger partial charge < -0.3 is 5.73 Å². The van der Waals surface area contributed by atoms with Gasteiger partial charge in [0.2, 0.25) is 0 Å². The van der Waals surface area contributed by atoms with E-state index in [1.54, 1.807) is 4.68 Å². The molecule has 0 saturated heterocycles. The third kappa shape index (κ3) is 1.72. The molecule has 2 N–H and O–H groups in total. The number of nitrogens with zero attached hydrogens (tertiary/aromatic N) is 3. The highest BCUT2D eigenvalue weighted by atomic mass is 15.4. The molecule has 1 fully saturated rings. The van der Waals surface area contributed by atoms with Crippen LogP contribution in [0, 0.1) is 11.8 Å². The van der Waals surface area contributed by atoms with Crippen molar-refractivity contribution in [1.82, 2.24) is 15.0 Å². The molecule has 1 aromatic heterocycles. The van der Waals surface area contributed by atoms with Gasteiger partial charge in [0.1, 0.15) is 0 Å². The molecule has 0 aromatic carbocycles. The average molecular weight is 180 g/mol. The van der Waals surface area contributed by atoms with Crippen molar-refractivity contribution in [3.05, 3.63) is 11.9 Å². The molecule has 72 valence electrons. The van der Waals surface area contributed by atoms with Gasteiger partial charge in [-0.2, -0.15) is 0 Å². The van der Waals surface area contributed by atoms with Crippen LogP contribution in [0.15, 0.2) is 6.20 Å². The van der Waals surface area contributed by atoms with Crippen LogP contribution >= 0.6 is 0 Å². The minimum atomic E-state index is 0.724. The largest absolute Gasteiger partial charge is 0.330 e. The smallest absolute Gasteiger partial charge is 0.0829 e. The van der Waals surface area contributed by atoms with Crippen molar-refractivity contribution >= 4 is 0 Å². The van der Waals surface area contributed by atoms with E-state index in [2.05, 4.69) is 10.3 Å². The van der Waals surface area contributed by atoms with Crippen molar-refractivity contribution in [2.24, 2.45) is 24.6 Å². The Morgan fingerprint density at radius 2 is 2.31 bits per heavy atom. The summed E-state index contributed by atoms with van der Waals surface area (Å²) in [4.78, 5) is 0. The Hall–Kier alpha value is -0.900. The van der Waals surface area contributed by atoms with Gasteiger partial charge in [-0.15, -0.1) is 5.10 Å². The minimum Gasteiger partial charge on any atom is -0.330 e. The number of nitrogens with two attached hydrogens (primary N) is 1. The molecule has 1 aliphatic carbocycles. The second-order valence-corrected chi connectivity index (χ2v) is 3.92. The lowest BCUT2D eigenvalue weighted by Crippen LogP contribution is -2.33. The van der Waals surface area contributed by atoms with Crippen LogP contribution < -0.4 is 5.73 Å². The summed E-state index contributed by atoms with van der Waals surface area (Å²) in [5.41, 5.74) is 6.74. The molecule has 1 heterocycles. The first-order chi connectivity index (χ1) is 6.29. The lowest BCUT2D eigenvalue weighted by molar-refractivity contribution is 0.182. The molecule has 0 bridgehead atoms. The van der Waals surface area contributed by atoms with Crippen LogP contribution in [0.4, 0.5) is 0 Å². The van der Waals surface area contributed by atoms with Gasteiger partial charge in [0.15, 0.2) is 0 Å². The fourth-order valence-corrected chi connectivity index (χ4v) is 1.97. The van der Waals surface area contributed by atoms with Crippen molar-refractivity contribution in [3.63, 3.8) is 0 Å². The second kappa shape index (κ2) is 3.46. The maximum absolute atomic E-state index is 5.64. The van der Waals surface area contributed by atoms with E-state index in [1.807, 2.05) is 13.2 Å². The molecule has 0 spiro atoms. The van der Waals surface area contributed by atoms with Crippen LogP contribution in [0.2, 0.25) is 0 Å². The molecule has 1 aliphatic rings. The summed E-state index contributed by atoms with van der Waals surface area (Å²) in [5, 5.41) is 7.99. The fourth-order valence-electron chi connectivity index (χ4n) is 1.97. The highest BCUT2D eigenvalue weighted by Crippen LogP contribution is 2.35. The van der Waals surface area contributed by atoms with Crippen LogP contribution in [-0.4, -0.2) is 21.5 Å². The van der Waals surface area contributed by atoms with Gasteiger partial charge >= 0.3 is 0 Å². The Balaban J connectivity index is 1.91. The maximum Gasteiger partial charge on any atom is 0.0829 e. The lowest BCUT2D eigenvalue weighted by Gasteiger charge is -2.35. The van der Waals surface area contributed by atoms with E-state index in [9.17, 15) is 0 Å². The van der Waals surface area contributed by atoms with Gasteiger partial charge in [-0.25, -0.2) is 0 Å². The SMILES string of the molecule is Cn1cc(CC2CCC2CN)nn1. The first-order valence-corrected chi connectivity index (χ1v) is 4.85. The Bertz CT molecular complexity index is 279. The summed E-state index contributed by atoms with van der Waals surface area (Å²) in [6.45, 7) is 0.824. The van der Waals surface area contributed by atoms with Crippen LogP contribution in [0.1, 0.15) is 18.5 Å². The molecular formula is C9H16N4. The van der Waals surface area contributed by atoms with E-state index in [-0.39, 0.29) is 0 Å². The van der Waals surface area contributed by atoms with Crippen molar-refractivity contribution in [2.45, 2.75) is 19.3 Å². The maximum atomic E-state index is 5.64. The van der Waals surface area contributed by atoms with Crippen LogP contribution in [0.5, 0.6) is 0 Å². The molecule has 1 aromatic rings. The summed E-state index contributed by atoms with van der Waals surface area (Å²) in [5.74, 6) is 1.48. The molecule has 2 atom stereocenters. The van der Waals surface area contributed by atoms with Gasteiger partial charge in [-0.05, 0) is 37.6 Å². The van der Waals surface area contributed by atoms with Gasteiger partial charge in [0.25, 0.3) is 0 Å². The molecule has 0 radical (unpaired) electrons. The van der Waals surface area contributed by atoms with Crippen LogP contribution in [-0.2, 0) is 13.5 Å². The van der Waals surface area contributed by atoms with Gasteiger partial charge in [-0.1, -0.05) is 5.21 Å². The highest BCUT2D eigenvalue weighted by Gasteiger charge is 2.29. The normalized spacial score (nSPS) is 27.2. The zero-order valence-electron chi connectivity index (χ0n) is 7.98. The van der Waals surface area contributed by atoms with E-state index >= 15 is 0 Å². The summed E-state index contributed by atoms with van der Waals surface area (Å²) in [7, 11) is 1.90. The number of aryl methyl sites for hydroxylation is 1. The Morgan fingerprint density at radius 1 is 1.54 bits per heavy atom. The molecule has 4 heteroatoms. The number of hydrogen-bond donors (Lipinski definition) is 1. The number of hydrogen-bond acceptors (Lipinski definition) is 3. The molecular weight excluding hydrogens is 164 g/mol. The van der Waals surface area contributed by atoms with E-state index in [0.717, 1.165) is 30.5 Å². The van der Waals surface area contributed by atoms with Crippen LogP contribution in [0.25, 0.3) is 0 Å². The van der Waals surface area contributed by atoms with Gasteiger partial charge in [0.05, 0.1) is 5.69 Å². The van der Waals surface area contributed by atoms with E-state index < -0.39 is 0 Å². The molecule has 0 amide bonds. The molecule has 2 unspecified atom stereocenters. The summed E-state index contributed by atoms with van der Waals surface area (Å²) in [6.07, 6.45) is 5.64. The van der Waals surface area contributed by atoms with Crippen molar-refractivity contribution < 1.29 is 0 Å². The van der Waals surface area contributed by atoms with Crippen molar-refractivity contribution in [1.29, 1.82) is 0 Å². The summed E-state index contributed by atoms with van der Waals surface area (Å²) in [6, 6.07) is 0.